The normalized spacial score (nSPS) is 26.8. The first-order chi connectivity index (χ1) is 20.2. The maximum absolute atomic E-state index is 13.7. The number of ether oxygens (including phenoxy) is 2. The molecule has 3 aromatic rings. The van der Waals surface area contributed by atoms with Gasteiger partial charge in [0.15, 0.2) is 23.1 Å². The van der Waals surface area contributed by atoms with Gasteiger partial charge in [0.05, 0.1) is 11.2 Å². The van der Waals surface area contributed by atoms with Crippen molar-refractivity contribution in [3.8, 4) is 11.5 Å². The molecule has 0 aromatic heterocycles. The van der Waals surface area contributed by atoms with E-state index in [4.69, 9.17) is 9.47 Å². The molecule has 5 N–H and O–H groups in total. The molecule has 5 atom stereocenters. The molecule has 1 saturated carbocycles. The largest absolute Gasteiger partial charge is 0.504 e. The second-order valence-corrected chi connectivity index (χ2v) is 11.5. The van der Waals surface area contributed by atoms with E-state index < -0.39 is 53.6 Å². The number of aliphatic hydroxyl groups is 4. The maximum atomic E-state index is 13.7. The van der Waals surface area contributed by atoms with Crippen molar-refractivity contribution in [1.29, 1.82) is 0 Å². The van der Waals surface area contributed by atoms with Crippen LogP contribution in [0.5, 0.6) is 11.5 Å². The molecule has 0 radical (unpaired) electrons. The monoisotopic (exact) mass is 574 g/mol. The minimum atomic E-state index is -1.73. The van der Waals surface area contributed by atoms with Crippen LogP contribution >= 0.6 is 0 Å². The van der Waals surface area contributed by atoms with Gasteiger partial charge in [0.25, 0.3) is 0 Å². The second kappa shape index (κ2) is 11.2. The Morgan fingerprint density at radius 1 is 0.786 bits per heavy atom. The number of carbonyl (C=O) groups is 2. The number of rotatable bonds is 6. The molecule has 0 unspecified atom stereocenters. The van der Waals surface area contributed by atoms with E-state index in [-0.39, 0.29) is 28.0 Å². The lowest BCUT2D eigenvalue weighted by atomic mass is 9.76. The van der Waals surface area contributed by atoms with Crippen LogP contribution in [-0.4, -0.2) is 73.4 Å². The van der Waals surface area contributed by atoms with Crippen molar-refractivity contribution in [2.75, 3.05) is 0 Å². The quantitative estimate of drug-likeness (QED) is 0.234. The van der Waals surface area contributed by atoms with Crippen molar-refractivity contribution in [2.24, 2.45) is 0 Å². The molecule has 1 aliphatic heterocycles. The van der Waals surface area contributed by atoms with E-state index in [1.807, 2.05) is 30.3 Å². The Hall–Kier alpha value is -3.60. The molecular formula is C33H34O9. The van der Waals surface area contributed by atoms with Gasteiger partial charge in [-0.1, -0.05) is 73.9 Å². The number of benzene rings is 3. The smallest absolute Gasteiger partial charge is 0.229 e. The summed E-state index contributed by atoms with van der Waals surface area (Å²) >= 11 is 0. The molecule has 42 heavy (non-hydrogen) atoms. The van der Waals surface area contributed by atoms with E-state index in [0.29, 0.717) is 44.1 Å². The zero-order valence-corrected chi connectivity index (χ0v) is 23.0. The van der Waals surface area contributed by atoms with Crippen LogP contribution in [0.1, 0.15) is 75.1 Å². The molecule has 3 aromatic carbocycles. The molecule has 220 valence electrons. The van der Waals surface area contributed by atoms with Gasteiger partial charge in [-0.3, -0.25) is 9.59 Å². The molecule has 9 heteroatoms. The van der Waals surface area contributed by atoms with Crippen LogP contribution in [0.3, 0.4) is 0 Å². The van der Waals surface area contributed by atoms with Gasteiger partial charge in [0.1, 0.15) is 24.4 Å². The molecule has 1 heterocycles. The zero-order chi connectivity index (χ0) is 29.6. The second-order valence-electron chi connectivity index (χ2n) is 11.5. The summed E-state index contributed by atoms with van der Waals surface area (Å²) in [4.78, 5) is 27.3. The van der Waals surface area contributed by atoms with E-state index in [0.717, 1.165) is 12.0 Å². The minimum absolute atomic E-state index is 0.0921. The first-order valence-electron chi connectivity index (χ1n) is 14.4. The third kappa shape index (κ3) is 4.91. The third-order valence-electron chi connectivity index (χ3n) is 8.80. The molecule has 0 bridgehead atoms. The van der Waals surface area contributed by atoms with Crippen LogP contribution < -0.4 is 4.74 Å². The first kappa shape index (κ1) is 28.5. The van der Waals surface area contributed by atoms with Crippen LogP contribution in [0.2, 0.25) is 0 Å². The Balaban J connectivity index is 1.39. The highest BCUT2D eigenvalue weighted by atomic mass is 16.7. The Morgan fingerprint density at radius 2 is 1.40 bits per heavy atom. The lowest BCUT2D eigenvalue weighted by Crippen LogP contribution is -2.65. The number of aromatic hydroxyl groups is 1. The van der Waals surface area contributed by atoms with Gasteiger partial charge in [-0.15, -0.1) is 0 Å². The predicted octanol–water partition coefficient (Wildman–Crippen LogP) is 2.83. The lowest BCUT2D eigenvalue weighted by Gasteiger charge is -2.48. The fraction of sp³-hybridized carbons (Fsp3) is 0.394. The molecule has 0 amide bonds. The number of phenols is 1. The fourth-order valence-electron chi connectivity index (χ4n) is 6.50. The molecule has 1 saturated heterocycles. The van der Waals surface area contributed by atoms with Gasteiger partial charge in [0.2, 0.25) is 6.29 Å². The molecule has 3 aliphatic rings. The van der Waals surface area contributed by atoms with Crippen LogP contribution in [0.15, 0.2) is 60.7 Å². The standard InChI is InChI=1S/C33H34O9/c34-25-20-11-5-6-12-21(20)26(35)24-23(25)19(14-13-18-9-3-1-4-10-18)17-22(27(24)36)41-32-30(39)28(37)29(38)31(42-32)33(40)15-7-2-8-16-33/h1,3-6,9-12,17,28-32,36-40H,2,7-8,13-16H2/t28-,29-,30+,31-,32+/m1/s1. The van der Waals surface area contributed by atoms with Crippen LogP contribution in [-0.2, 0) is 17.6 Å². The van der Waals surface area contributed by atoms with E-state index in [1.165, 1.54) is 12.1 Å². The number of hydrogen-bond donors (Lipinski definition) is 5. The van der Waals surface area contributed by atoms with Crippen molar-refractivity contribution < 1.29 is 44.6 Å². The summed E-state index contributed by atoms with van der Waals surface area (Å²) in [5.41, 5.74) is 0.318. The number of ketones is 2. The van der Waals surface area contributed by atoms with E-state index >= 15 is 0 Å². The zero-order valence-electron chi connectivity index (χ0n) is 23.0. The van der Waals surface area contributed by atoms with E-state index in [2.05, 4.69) is 0 Å². The number of carbonyl (C=O) groups excluding carboxylic acids is 2. The summed E-state index contributed by atoms with van der Waals surface area (Å²) in [6.45, 7) is 0. The van der Waals surface area contributed by atoms with Crippen molar-refractivity contribution in [3.63, 3.8) is 0 Å². The molecular weight excluding hydrogens is 540 g/mol. The minimum Gasteiger partial charge on any atom is -0.504 e. The highest BCUT2D eigenvalue weighted by molar-refractivity contribution is 6.30. The van der Waals surface area contributed by atoms with Gasteiger partial charge in [-0.2, -0.15) is 0 Å². The summed E-state index contributed by atoms with van der Waals surface area (Å²) in [6.07, 6.45) is -3.97. The van der Waals surface area contributed by atoms with Gasteiger partial charge >= 0.3 is 0 Å². The highest BCUT2D eigenvalue weighted by Gasteiger charge is 2.53. The Morgan fingerprint density at radius 3 is 2.07 bits per heavy atom. The number of aliphatic hydroxyl groups excluding tert-OH is 3. The summed E-state index contributed by atoms with van der Waals surface area (Å²) in [5, 5.41) is 54.9. The van der Waals surface area contributed by atoms with Crippen molar-refractivity contribution in [1.82, 2.24) is 0 Å². The van der Waals surface area contributed by atoms with Crippen molar-refractivity contribution in [3.05, 3.63) is 94.0 Å². The highest BCUT2D eigenvalue weighted by Crippen LogP contribution is 2.43. The maximum Gasteiger partial charge on any atom is 0.229 e. The van der Waals surface area contributed by atoms with Crippen molar-refractivity contribution in [2.45, 2.75) is 81.3 Å². The number of aryl methyl sites for hydroxylation is 2. The van der Waals surface area contributed by atoms with Gasteiger partial charge < -0.3 is 35.0 Å². The lowest BCUT2D eigenvalue weighted by molar-refractivity contribution is -0.308. The number of hydrogen-bond acceptors (Lipinski definition) is 9. The molecule has 0 spiro atoms. The number of phenolic OH excluding ortho intramolecular Hbond substituents is 1. The molecule has 6 rings (SSSR count). The molecule has 2 fully saturated rings. The summed E-state index contributed by atoms with van der Waals surface area (Å²) in [7, 11) is 0. The van der Waals surface area contributed by atoms with Crippen LogP contribution in [0.4, 0.5) is 0 Å². The molecule has 9 nitrogen and oxygen atoms in total. The summed E-state index contributed by atoms with van der Waals surface area (Å²) in [5.74, 6) is -1.75. The Bertz CT molecular complexity index is 1490. The SMILES string of the molecule is O=C1c2ccccc2C(=O)c2c(O)c(O[C@H]3O[C@@H](C4(O)CCCCC4)[C@H](O)[C@@H](O)[C@@H]3O)cc(CCc3ccccc3)c21. The van der Waals surface area contributed by atoms with Gasteiger partial charge in [-0.25, -0.2) is 0 Å². The average molecular weight is 575 g/mol. The third-order valence-corrected chi connectivity index (χ3v) is 8.80. The average Bonchev–Trinajstić information content (AvgIpc) is 3.00. The van der Waals surface area contributed by atoms with Crippen LogP contribution in [0.25, 0.3) is 0 Å². The fourth-order valence-corrected chi connectivity index (χ4v) is 6.50. The van der Waals surface area contributed by atoms with E-state index in [9.17, 15) is 35.1 Å². The topological polar surface area (TPSA) is 154 Å². The van der Waals surface area contributed by atoms with Gasteiger partial charge in [0, 0.05) is 16.7 Å². The van der Waals surface area contributed by atoms with Crippen molar-refractivity contribution >= 4 is 11.6 Å². The van der Waals surface area contributed by atoms with E-state index in [1.54, 1.807) is 18.2 Å². The first-order valence-corrected chi connectivity index (χ1v) is 14.4. The molecule has 2 aliphatic carbocycles. The number of fused-ring (bicyclic) bond motifs is 2. The predicted molar refractivity (Wildman–Crippen MR) is 151 cm³/mol. The summed E-state index contributed by atoms with van der Waals surface area (Å²) < 4.78 is 11.9. The Labute approximate surface area is 243 Å². The Kier molecular flexibility index (Phi) is 7.63. The van der Waals surface area contributed by atoms with Gasteiger partial charge in [-0.05, 0) is 42.9 Å². The van der Waals surface area contributed by atoms with Crippen LogP contribution in [0, 0.1) is 0 Å². The summed E-state index contributed by atoms with van der Waals surface area (Å²) in [6, 6.07) is 17.5.